The molecule has 0 spiro atoms. The second-order valence-electron chi connectivity index (χ2n) is 3.45. The summed E-state index contributed by atoms with van der Waals surface area (Å²) in [5, 5.41) is 4.97. The van der Waals surface area contributed by atoms with E-state index in [1.54, 1.807) is 12.1 Å². The van der Waals surface area contributed by atoms with Crippen LogP contribution in [0.1, 0.15) is 0 Å². The molecule has 0 radical (unpaired) electrons. The van der Waals surface area contributed by atoms with Crippen molar-refractivity contribution in [2.24, 2.45) is 5.73 Å². The van der Waals surface area contributed by atoms with E-state index in [1.165, 1.54) is 13.2 Å². The van der Waals surface area contributed by atoms with E-state index in [4.69, 9.17) is 22.1 Å². The molecule has 0 atom stereocenters. The lowest BCUT2D eigenvalue weighted by molar-refractivity contribution is -0.135. The van der Waals surface area contributed by atoms with Crippen LogP contribution in [-0.2, 0) is 9.59 Å². The van der Waals surface area contributed by atoms with Gasteiger partial charge in [0.05, 0.1) is 23.7 Å². The first-order chi connectivity index (χ1) is 8.93. The molecule has 0 unspecified atom stereocenters. The van der Waals surface area contributed by atoms with E-state index in [0.717, 1.165) is 0 Å². The number of halogens is 1. The summed E-state index contributed by atoms with van der Waals surface area (Å²) in [6, 6.07) is 4.60. The van der Waals surface area contributed by atoms with Gasteiger partial charge in [0.15, 0.2) is 0 Å². The smallest absolute Gasteiger partial charge is 0.313 e. The van der Waals surface area contributed by atoms with E-state index >= 15 is 0 Å². The predicted octanol–water partition coefficient (Wildman–Crippen LogP) is 0.689. The molecule has 0 aliphatic carbocycles. The molecule has 0 aromatic heterocycles. The number of hydrogen-bond acceptors (Lipinski definition) is 4. The van der Waals surface area contributed by atoms with Crippen molar-refractivity contribution >= 4 is 46.3 Å². The van der Waals surface area contributed by atoms with Crippen LogP contribution in [0.5, 0.6) is 5.75 Å². The molecule has 19 heavy (non-hydrogen) atoms. The van der Waals surface area contributed by atoms with Crippen LogP contribution < -0.4 is 21.1 Å². The second kappa shape index (κ2) is 6.91. The number of carbonyl (C=O) groups excluding carboxylic acids is 2. The van der Waals surface area contributed by atoms with Crippen molar-refractivity contribution in [1.29, 1.82) is 0 Å². The molecule has 0 saturated carbocycles. The zero-order valence-corrected chi connectivity index (χ0v) is 11.6. The first-order valence-electron chi connectivity index (χ1n) is 5.15. The first kappa shape index (κ1) is 15.2. The molecule has 0 saturated heterocycles. The van der Waals surface area contributed by atoms with Gasteiger partial charge in [-0.2, -0.15) is 0 Å². The minimum atomic E-state index is -0.836. The molecule has 0 aliphatic rings. The Morgan fingerprint density at radius 3 is 2.63 bits per heavy atom. The third-order valence-electron chi connectivity index (χ3n) is 2.04. The Kier molecular flexibility index (Phi) is 5.53. The van der Waals surface area contributed by atoms with Gasteiger partial charge in [0.1, 0.15) is 5.75 Å². The van der Waals surface area contributed by atoms with Gasteiger partial charge in [0.25, 0.3) is 0 Å². The van der Waals surface area contributed by atoms with E-state index in [0.29, 0.717) is 16.5 Å². The maximum absolute atomic E-state index is 11.5. The lowest BCUT2D eigenvalue weighted by atomic mass is 10.3. The number of nitrogens with one attached hydrogen (secondary N) is 2. The maximum atomic E-state index is 11.5. The SMILES string of the molecule is COc1ccc(NC(=O)C(=O)NCC(N)=S)cc1Cl. The van der Waals surface area contributed by atoms with Crippen LogP contribution >= 0.6 is 23.8 Å². The zero-order chi connectivity index (χ0) is 14.4. The van der Waals surface area contributed by atoms with Crippen molar-refractivity contribution < 1.29 is 14.3 Å². The Bertz CT molecular complexity index is 522. The summed E-state index contributed by atoms with van der Waals surface area (Å²) >= 11 is 10.5. The molecule has 0 aliphatic heterocycles. The van der Waals surface area contributed by atoms with Crippen molar-refractivity contribution in [1.82, 2.24) is 5.32 Å². The summed E-state index contributed by atoms with van der Waals surface area (Å²) < 4.78 is 4.97. The van der Waals surface area contributed by atoms with Gasteiger partial charge in [-0.05, 0) is 18.2 Å². The largest absolute Gasteiger partial charge is 0.495 e. The van der Waals surface area contributed by atoms with Crippen LogP contribution in [0.3, 0.4) is 0 Å². The summed E-state index contributed by atoms with van der Waals surface area (Å²) in [7, 11) is 1.47. The predicted molar refractivity (Wildman–Crippen MR) is 76.4 cm³/mol. The third kappa shape index (κ3) is 4.72. The normalized spacial score (nSPS) is 9.58. The summed E-state index contributed by atoms with van der Waals surface area (Å²) in [5.41, 5.74) is 5.58. The first-order valence-corrected chi connectivity index (χ1v) is 5.93. The Morgan fingerprint density at radius 2 is 2.11 bits per heavy atom. The molecule has 8 heteroatoms. The minimum absolute atomic E-state index is 0.0368. The average molecular weight is 302 g/mol. The number of rotatable bonds is 4. The Hall–Kier alpha value is -1.86. The quantitative estimate of drug-likeness (QED) is 0.562. The van der Waals surface area contributed by atoms with Crippen LogP contribution in [0, 0.1) is 0 Å². The lowest BCUT2D eigenvalue weighted by Crippen LogP contribution is -2.39. The molecule has 1 rings (SSSR count). The van der Waals surface area contributed by atoms with Crippen LogP contribution in [0.2, 0.25) is 5.02 Å². The number of carbonyl (C=O) groups is 2. The van der Waals surface area contributed by atoms with Crippen molar-refractivity contribution in [3.8, 4) is 5.75 Å². The summed E-state index contributed by atoms with van der Waals surface area (Å²) in [6.07, 6.45) is 0. The molecule has 2 amide bonds. The topological polar surface area (TPSA) is 93.4 Å². The number of thiocarbonyl (C=S) groups is 1. The third-order valence-corrected chi connectivity index (χ3v) is 2.48. The molecule has 1 aromatic rings. The van der Waals surface area contributed by atoms with Gasteiger partial charge in [-0.1, -0.05) is 23.8 Å². The molecule has 0 bridgehead atoms. The fourth-order valence-electron chi connectivity index (χ4n) is 1.18. The molecule has 0 heterocycles. The molecular weight excluding hydrogens is 290 g/mol. The highest BCUT2D eigenvalue weighted by atomic mass is 35.5. The molecule has 4 N–H and O–H groups in total. The Balaban J connectivity index is 2.64. The highest BCUT2D eigenvalue weighted by molar-refractivity contribution is 7.80. The van der Waals surface area contributed by atoms with Crippen LogP contribution in [0.25, 0.3) is 0 Å². The molecule has 0 fully saturated rings. The summed E-state index contributed by atoms with van der Waals surface area (Å²) in [5.74, 6) is -1.20. The number of benzene rings is 1. The van der Waals surface area contributed by atoms with E-state index in [-0.39, 0.29) is 11.5 Å². The van der Waals surface area contributed by atoms with Gasteiger partial charge in [0, 0.05) is 5.69 Å². The van der Waals surface area contributed by atoms with Crippen LogP contribution in [-0.4, -0.2) is 30.5 Å². The lowest BCUT2D eigenvalue weighted by Gasteiger charge is -2.08. The number of hydrogen-bond donors (Lipinski definition) is 3. The summed E-state index contributed by atoms with van der Waals surface area (Å²) in [6.45, 7) is -0.0368. The zero-order valence-electron chi connectivity index (χ0n) is 10.0. The van der Waals surface area contributed by atoms with Gasteiger partial charge in [0.2, 0.25) is 0 Å². The van der Waals surface area contributed by atoms with Crippen molar-refractivity contribution in [2.45, 2.75) is 0 Å². The fraction of sp³-hybridized carbons (Fsp3) is 0.182. The number of amides is 2. The summed E-state index contributed by atoms with van der Waals surface area (Å²) in [4.78, 5) is 23.0. The van der Waals surface area contributed by atoms with Gasteiger partial charge in [-0.25, -0.2) is 0 Å². The fourth-order valence-corrected chi connectivity index (χ4v) is 1.51. The van der Waals surface area contributed by atoms with Crippen molar-refractivity contribution in [3.05, 3.63) is 23.2 Å². The monoisotopic (exact) mass is 301 g/mol. The highest BCUT2D eigenvalue weighted by Gasteiger charge is 2.14. The standard InChI is InChI=1S/C11H12ClN3O3S/c1-18-8-3-2-6(4-7(8)12)15-11(17)10(16)14-5-9(13)19/h2-4H,5H2,1H3,(H2,13,19)(H,14,16)(H,15,17). The van der Waals surface area contributed by atoms with Crippen LogP contribution in [0.4, 0.5) is 5.69 Å². The Labute approximate surface area is 120 Å². The van der Waals surface area contributed by atoms with E-state index in [2.05, 4.69) is 22.9 Å². The van der Waals surface area contributed by atoms with Crippen molar-refractivity contribution in [3.63, 3.8) is 0 Å². The molecule has 6 nitrogen and oxygen atoms in total. The number of ether oxygens (including phenoxy) is 1. The second-order valence-corrected chi connectivity index (χ2v) is 4.38. The molecular formula is C11H12ClN3O3S. The molecule has 102 valence electrons. The van der Waals surface area contributed by atoms with Gasteiger partial charge in [-0.3, -0.25) is 9.59 Å². The number of methoxy groups -OCH3 is 1. The molecule has 1 aromatic carbocycles. The van der Waals surface area contributed by atoms with E-state index in [1.807, 2.05) is 0 Å². The van der Waals surface area contributed by atoms with E-state index < -0.39 is 11.8 Å². The maximum Gasteiger partial charge on any atom is 0.313 e. The minimum Gasteiger partial charge on any atom is -0.495 e. The van der Waals surface area contributed by atoms with Gasteiger partial charge >= 0.3 is 11.8 Å². The number of nitrogens with two attached hydrogens (primary N) is 1. The van der Waals surface area contributed by atoms with Crippen molar-refractivity contribution in [2.75, 3.05) is 19.0 Å². The highest BCUT2D eigenvalue weighted by Crippen LogP contribution is 2.27. The van der Waals surface area contributed by atoms with Crippen LogP contribution in [0.15, 0.2) is 18.2 Å². The van der Waals surface area contributed by atoms with E-state index in [9.17, 15) is 9.59 Å². The van der Waals surface area contributed by atoms with Gasteiger partial charge in [-0.15, -0.1) is 0 Å². The number of anilines is 1. The van der Waals surface area contributed by atoms with Gasteiger partial charge < -0.3 is 21.1 Å². The Morgan fingerprint density at radius 1 is 1.42 bits per heavy atom. The average Bonchev–Trinajstić information content (AvgIpc) is 2.36.